The maximum atomic E-state index is 5.28. The highest BCUT2D eigenvalue weighted by molar-refractivity contribution is 9.06. The topological polar surface area (TPSA) is 36.9 Å². The lowest BCUT2D eigenvalue weighted by Crippen LogP contribution is -2.46. The standard InChI is InChI=1S/C6H15BrO4Si/c1-4-8-12(11-7,9-5-2)10-6-3/h4-6H2,1-3H3. The third-order valence-electron chi connectivity index (χ3n) is 1.06. The van der Waals surface area contributed by atoms with Crippen LogP contribution in [0.15, 0.2) is 0 Å². The second-order valence-electron chi connectivity index (χ2n) is 1.88. The zero-order valence-electron chi connectivity index (χ0n) is 7.63. The van der Waals surface area contributed by atoms with Crippen LogP contribution in [0, 0.1) is 0 Å². The summed E-state index contributed by atoms with van der Waals surface area (Å²) in [6.45, 7) is 7.14. The summed E-state index contributed by atoms with van der Waals surface area (Å²) in [5.74, 6) is 0. The van der Waals surface area contributed by atoms with Gasteiger partial charge in [0.2, 0.25) is 0 Å². The lowest BCUT2D eigenvalue weighted by molar-refractivity contribution is 0.0188. The van der Waals surface area contributed by atoms with Gasteiger partial charge in [0.25, 0.3) is 0 Å². The van der Waals surface area contributed by atoms with Crippen molar-refractivity contribution in [3.05, 3.63) is 0 Å². The molecule has 0 aliphatic heterocycles. The highest BCUT2D eigenvalue weighted by Gasteiger charge is 2.44. The molecule has 0 aromatic carbocycles. The first-order valence-corrected chi connectivity index (χ1v) is 6.24. The van der Waals surface area contributed by atoms with Crippen molar-refractivity contribution in [3.8, 4) is 0 Å². The minimum atomic E-state index is -2.85. The zero-order chi connectivity index (χ0) is 9.45. The van der Waals surface area contributed by atoms with Gasteiger partial charge in [-0.2, -0.15) is 0 Å². The molecular formula is C6H15BrO4Si. The SMILES string of the molecule is CCO[Si](OBr)(OCC)OCC. The third kappa shape index (κ3) is 3.97. The Morgan fingerprint density at radius 3 is 1.42 bits per heavy atom. The predicted octanol–water partition coefficient (Wildman–Crippen LogP) is 1.86. The maximum Gasteiger partial charge on any atom is 0.690 e. The van der Waals surface area contributed by atoms with Crippen molar-refractivity contribution in [2.24, 2.45) is 0 Å². The first-order chi connectivity index (χ1) is 5.74. The number of hydrogen-bond acceptors (Lipinski definition) is 4. The number of hydrogen-bond donors (Lipinski definition) is 0. The van der Waals surface area contributed by atoms with Crippen molar-refractivity contribution in [1.29, 1.82) is 0 Å². The van der Waals surface area contributed by atoms with Gasteiger partial charge >= 0.3 is 9.05 Å². The molecule has 0 spiro atoms. The van der Waals surface area contributed by atoms with Crippen LogP contribution in [0.2, 0.25) is 0 Å². The van der Waals surface area contributed by atoms with Gasteiger partial charge in [0.05, 0.1) is 16.3 Å². The van der Waals surface area contributed by atoms with Crippen LogP contribution in [0.3, 0.4) is 0 Å². The minimum Gasteiger partial charge on any atom is -0.351 e. The van der Waals surface area contributed by atoms with Crippen molar-refractivity contribution < 1.29 is 16.8 Å². The van der Waals surface area contributed by atoms with Crippen LogP contribution in [-0.2, 0) is 16.8 Å². The molecule has 6 heteroatoms. The van der Waals surface area contributed by atoms with Crippen molar-refractivity contribution in [1.82, 2.24) is 0 Å². The van der Waals surface area contributed by atoms with Gasteiger partial charge in [-0.05, 0) is 20.8 Å². The van der Waals surface area contributed by atoms with Crippen LogP contribution in [0.1, 0.15) is 20.8 Å². The molecular weight excluding hydrogens is 244 g/mol. The van der Waals surface area contributed by atoms with Crippen LogP contribution in [0.4, 0.5) is 0 Å². The molecule has 0 fully saturated rings. The molecule has 4 nitrogen and oxygen atoms in total. The first-order valence-electron chi connectivity index (χ1n) is 3.96. The van der Waals surface area contributed by atoms with E-state index in [0.29, 0.717) is 19.8 Å². The van der Waals surface area contributed by atoms with Gasteiger partial charge in [-0.1, -0.05) is 0 Å². The van der Waals surface area contributed by atoms with Crippen LogP contribution in [0.5, 0.6) is 0 Å². The highest BCUT2D eigenvalue weighted by Crippen LogP contribution is 2.14. The predicted molar refractivity (Wildman–Crippen MR) is 50.6 cm³/mol. The van der Waals surface area contributed by atoms with Crippen molar-refractivity contribution >= 4 is 25.3 Å². The summed E-state index contributed by atoms with van der Waals surface area (Å²) in [6.07, 6.45) is 0. The minimum absolute atomic E-state index is 0.512. The maximum absolute atomic E-state index is 5.28. The van der Waals surface area contributed by atoms with Gasteiger partial charge < -0.3 is 13.3 Å². The number of rotatable bonds is 7. The second kappa shape index (κ2) is 6.99. The highest BCUT2D eigenvalue weighted by atomic mass is 79.9. The molecule has 0 bridgehead atoms. The Bertz CT molecular complexity index is 96.7. The largest absolute Gasteiger partial charge is 0.690 e. The Morgan fingerprint density at radius 2 is 1.25 bits per heavy atom. The molecule has 0 aromatic rings. The van der Waals surface area contributed by atoms with Crippen LogP contribution in [0.25, 0.3) is 0 Å². The Morgan fingerprint density at radius 1 is 0.917 bits per heavy atom. The molecule has 0 aliphatic carbocycles. The summed E-state index contributed by atoms with van der Waals surface area (Å²) in [6, 6.07) is 0. The Balaban J connectivity index is 4.06. The molecule has 0 aromatic heterocycles. The summed E-state index contributed by atoms with van der Waals surface area (Å²) in [4.78, 5) is 0. The van der Waals surface area contributed by atoms with Crippen LogP contribution < -0.4 is 0 Å². The fraction of sp³-hybridized carbons (Fsp3) is 1.00. The average Bonchev–Trinajstić information content (AvgIpc) is 2.06. The monoisotopic (exact) mass is 258 g/mol. The van der Waals surface area contributed by atoms with Gasteiger partial charge in [0.15, 0.2) is 0 Å². The van der Waals surface area contributed by atoms with Gasteiger partial charge in [-0.25, -0.2) is 0 Å². The molecule has 0 rings (SSSR count). The molecule has 74 valence electrons. The third-order valence-corrected chi connectivity index (χ3v) is 4.36. The van der Waals surface area contributed by atoms with Gasteiger partial charge in [0, 0.05) is 19.8 Å². The molecule has 0 saturated heterocycles. The summed E-state index contributed by atoms with van der Waals surface area (Å²) in [7, 11) is -2.85. The summed E-state index contributed by atoms with van der Waals surface area (Å²) in [5.41, 5.74) is 0. The fourth-order valence-electron chi connectivity index (χ4n) is 0.722. The molecule has 0 amide bonds. The molecule has 0 saturated carbocycles. The quantitative estimate of drug-likeness (QED) is 0.654. The van der Waals surface area contributed by atoms with Crippen LogP contribution >= 0.6 is 16.3 Å². The number of halogens is 1. The van der Waals surface area contributed by atoms with E-state index in [0.717, 1.165) is 0 Å². The van der Waals surface area contributed by atoms with Gasteiger partial charge in [-0.3, -0.25) is 3.52 Å². The average molecular weight is 259 g/mol. The lowest BCUT2D eigenvalue weighted by Gasteiger charge is -2.23. The molecule has 0 atom stereocenters. The van der Waals surface area contributed by atoms with Crippen LogP contribution in [-0.4, -0.2) is 28.9 Å². The molecule has 0 radical (unpaired) electrons. The molecule has 12 heavy (non-hydrogen) atoms. The molecule has 0 aliphatic rings. The van der Waals surface area contributed by atoms with Crippen molar-refractivity contribution in [2.45, 2.75) is 20.8 Å². The van der Waals surface area contributed by atoms with E-state index in [1.54, 1.807) is 0 Å². The first kappa shape index (κ1) is 12.5. The van der Waals surface area contributed by atoms with Crippen molar-refractivity contribution in [3.63, 3.8) is 0 Å². The summed E-state index contributed by atoms with van der Waals surface area (Å²) < 4.78 is 20.8. The second-order valence-corrected chi connectivity index (χ2v) is 4.87. The van der Waals surface area contributed by atoms with E-state index in [-0.39, 0.29) is 0 Å². The fourth-order valence-corrected chi connectivity index (χ4v) is 3.01. The summed E-state index contributed by atoms with van der Waals surface area (Å²) >= 11 is 2.86. The van der Waals surface area contributed by atoms with E-state index < -0.39 is 9.05 Å². The molecule has 0 unspecified atom stereocenters. The summed E-state index contributed by atoms with van der Waals surface area (Å²) in [5, 5.41) is 0. The van der Waals surface area contributed by atoms with Gasteiger partial charge in [-0.15, -0.1) is 0 Å². The van der Waals surface area contributed by atoms with Gasteiger partial charge in [0.1, 0.15) is 0 Å². The van der Waals surface area contributed by atoms with E-state index in [4.69, 9.17) is 16.8 Å². The van der Waals surface area contributed by atoms with Crippen molar-refractivity contribution in [2.75, 3.05) is 19.8 Å². The lowest BCUT2D eigenvalue weighted by atomic mass is 10.9. The van der Waals surface area contributed by atoms with E-state index in [9.17, 15) is 0 Å². The molecule has 0 heterocycles. The van der Waals surface area contributed by atoms with E-state index >= 15 is 0 Å². The van der Waals surface area contributed by atoms with E-state index in [1.807, 2.05) is 20.8 Å². The Hall–Kier alpha value is 0.537. The van der Waals surface area contributed by atoms with E-state index in [2.05, 4.69) is 16.3 Å². The Kier molecular flexibility index (Phi) is 7.30. The Labute approximate surface area is 83.1 Å². The molecule has 0 N–H and O–H groups in total. The smallest absolute Gasteiger partial charge is 0.351 e. The zero-order valence-corrected chi connectivity index (χ0v) is 10.2. The van der Waals surface area contributed by atoms with E-state index in [1.165, 1.54) is 0 Å². The normalized spacial score (nSPS) is 12.0.